The van der Waals surface area contributed by atoms with E-state index >= 15 is 0 Å². The van der Waals surface area contributed by atoms with E-state index in [1.807, 2.05) is 0 Å². The molecule has 0 aliphatic carbocycles. The maximum absolute atomic E-state index is 13.6. The van der Waals surface area contributed by atoms with Gasteiger partial charge in [0.2, 0.25) is 5.91 Å². The van der Waals surface area contributed by atoms with Crippen LogP contribution >= 0.6 is 24.0 Å². The summed E-state index contributed by atoms with van der Waals surface area (Å²) < 4.78 is 13.6. The Bertz CT molecular complexity index is 1460. The molecule has 4 rings (SSSR count). The number of thioether (sulfide) groups is 1. The number of hydrogen-bond donors (Lipinski definition) is 3. The van der Waals surface area contributed by atoms with E-state index in [2.05, 4.69) is 5.32 Å². The number of carbonyl (C=O) groups is 5. The highest BCUT2D eigenvalue weighted by Crippen LogP contribution is 2.44. The Kier molecular flexibility index (Phi) is 13.7. The SMILES string of the molecule is CC(=O)O.O=C(O)CCCCCCCCCCN1C(=O)C(=C2C(=O)N(CC(=O)Nc3ccc(F)cc3)c3ccccc32)SC1=S. The summed E-state index contributed by atoms with van der Waals surface area (Å²) in [5.41, 5.74) is 1.78. The van der Waals surface area contributed by atoms with Crippen LogP contribution < -0.4 is 10.2 Å². The normalized spacial score (nSPS) is 15.6. The molecule has 2 heterocycles. The summed E-state index contributed by atoms with van der Waals surface area (Å²) in [7, 11) is 0. The number of benzene rings is 2. The van der Waals surface area contributed by atoms with E-state index in [9.17, 15) is 23.6 Å². The number of aliphatic carboxylic acids is 2. The molecule has 13 heteroatoms. The van der Waals surface area contributed by atoms with Gasteiger partial charge in [0.05, 0.1) is 16.2 Å². The summed E-state index contributed by atoms with van der Waals surface area (Å²) in [6.07, 6.45) is 7.76. The number of nitrogens with zero attached hydrogens (tertiary/aromatic N) is 2. The first kappa shape index (κ1) is 35.4. The molecule has 0 aromatic heterocycles. The van der Waals surface area contributed by atoms with Gasteiger partial charge in [-0.1, -0.05) is 80.7 Å². The van der Waals surface area contributed by atoms with Gasteiger partial charge in [-0.3, -0.25) is 33.8 Å². The molecular formula is C32H36FN3O7S2. The fourth-order valence-corrected chi connectivity index (χ4v) is 6.26. The fraction of sp³-hybridized carbons (Fsp3) is 0.375. The third-order valence-electron chi connectivity index (χ3n) is 6.95. The minimum absolute atomic E-state index is 0.224. The van der Waals surface area contributed by atoms with Gasteiger partial charge in [-0.25, -0.2) is 4.39 Å². The number of fused-ring (bicyclic) bond motifs is 1. The number of halogens is 1. The summed E-state index contributed by atoms with van der Waals surface area (Å²) in [5, 5.41) is 18.8. The Morgan fingerprint density at radius 2 is 1.42 bits per heavy atom. The van der Waals surface area contributed by atoms with Crippen molar-refractivity contribution in [1.29, 1.82) is 0 Å². The Labute approximate surface area is 270 Å². The molecule has 2 aliphatic rings. The topological polar surface area (TPSA) is 144 Å². The van der Waals surface area contributed by atoms with Crippen LogP contribution in [0.25, 0.3) is 5.57 Å². The number of carbonyl (C=O) groups excluding carboxylic acids is 3. The lowest BCUT2D eigenvalue weighted by Gasteiger charge is -2.17. The van der Waals surface area contributed by atoms with Crippen molar-refractivity contribution in [1.82, 2.24) is 4.90 Å². The lowest BCUT2D eigenvalue weighted by Crippen LogP contribution is -2.35. The molecular weight excluding hydrogens is 621 g/mol. The number of carboxylic acids is 2. The highest BCUT2D eigenvalue weighted by molar-refractivity contribution is 8.26. The molecule has 0 unspecified atom stereocenters. The zero-order valence-electron chi connectivity index (χ0n) is 24.9. The maximum Gasteiger partial charge on any atom is 0.303 e. The van der Waals surface area contributed by atoms with E-state index in [1.165, 1.54) is 29.2 Å². The van der Waals surface area contributed by atoms with Crippen molar-refractivity contribution >= 4 is 74.9 Å². The number of anilines is 2. The van der Waals surface area contributed by atoms with E-state index < -0.39 is 29.6 Å². The minimum Gasteiger partial charge on any atom is -0.481 e. The van der Waals surface area contributed by atoms with Crippen molar-refractivity contribution in [2.24, 2.45) is 0 Å². The molecule has 0 radical (unpaired) electrons. The minimum atomic E-state index is -0.833. The summed E-state index contributed by atoms with van der Waals surface area (Å²) in [5.74, 6) is -3.19. The second-order valence-electron chi connectivity index (χ2n) is 10.5. The molecule has 2 aliphatic heterocycles. The molecule has 10 nitrogen and oxygen atoms in total. The summed E-state index contributed by atoms with van der Waals surface area (Å²) >= 11 is 6.62. The first-order chi connectivity index (χ1) is 21.5. The fourth-order valence-electron chi connectivity index (χ4n) is 4.88. The van der Waals surface area contributed by atoms with Crippen LogP contribution in [0.3, 0.4) is 0 Å². The highest BCUT2D eigenvalue weighted by atomic mass is 32.2. The van der Waals surface area contributed by atoms with Gasteiger partial charge in [0.25, 0.3) is 17.8 Å². The van der Waals surface area contributed by atoms with Gasteiger partial charge in [-0.2, -0.15) is 0 Å². The zero-order chi connectivity index (χ0) is 32.9. The highest BCUT2D eigenvalue weighted by Gasteiger charge is 2.42. The van der Waals surface area contributed by atoms with Gasteiger partial charge >= 0.3 is 5.97 Å². The van der Waals surface area contributed by atoms with Gasteiger partial charge in [0.1, 0.15) is 16.7 Å². The predicted octanol–water partition coefficient (Wildman–Crippen LogP) is 6.07. The average Bonchev–Trinajstić information content (AvgIpc) is 3.41. The van der Waals surface area contributed by atoms with Crippen molar-refractivity contribution in [2.75, 3.05) is 23.3 Å². The van der Waals surface area contributed by atoms with Crippen molar-refractivity contribution in [2.45, 2.75) is 64.7 Å². The molecule has 0 spiro atoms. The summed E-state index contributed by atoms with van der Waals surface area (Å²) in [6.45, 7) is 1.29. The van der Waals surface area contributed by atoms with Crippen molar-refractivity contribution in [3.8, 4) is 0 Å². The lowest BCUT2D eigenvalue weighted by molar-refractivity contribution is -0.137. The number of nitrogens with one attached hydrogen (secondary N) is 1. The number of para-hydroxylation sites is 1. The molecule has 0 atom stereocenters. The van der Waals surface area contributed by atoms with E-state index in [-0.39, 0.29) is 29.4 Å². The van der Waals surface area contributed by atoms with Crippen LogP contribution in [0.2, 0.25) is 0 Å². The van der Waals surface area contributed by atoms with Crippen LogP contribution in [0.1, 0.15) is 70.3 Å². The summed E-state index contributed by atoms with van der Waals surface area (Å²) in [6, 6.07) is 12.4. The number of rotatable bonds is 14. The van der Waals surface area contributed by atoms with Crippen LogP contribution in [-0.4, -0.2) is 62.2 Å². The van der Waals surface area contributed by atoms with Gasteiger partial charge in [0, 0.05) is 31.1 Å². The largest absolute Gasteiger partial charge is 0.481 e. The molecule has 2 aromatic carbocycles. The van der Waals surface area contributed by atoms with Crippen LogP contribution in [0.15, 0.2) is 53.4 Å². The third-order valence-corrected chi connectivity index (χ3v) is 8.40. The predicted molar refractivity (Wildman–Crippen MR) is 175 cm³/mol. The first-order valence-corrected chi connectivity index (χ1v) is 15.9. The molecule has 0 saturated carbocycles. The van der Waals surface area contributed by atoms with Crippen LogP contribution in [-0.2, 0) is 24.0 Å². The first-order valence-electron chi connectivity index (χ1n) is 14.7. The quantitative estimate of drug-likeness (QED) is 0.125. The van der Waals surface area contributed by atoms with Crippen molar-refractivity contribution < 1.29 is 38.6 Å². The average molecular weight is 658 g/mol. The Morgan fingerprint density at radius 3 is 2.04 bits per heavy atom. The van der Waals surface area contributed by atoms with Gasteiger partial charge in [-0.15, -0.1) is 0 Å². The van der Waals surface area contributed by atoms with Crippen LogP contribution in [0.5, 0.6) is 0 Å². The smallest absolute Gasteiger partial charge is 0.303 e. The molecule has 1 saturated heterocycles. The Hall–Kier alpha value is -4.10. The lowest BCUT2D eigenvalue weighted by atomic mass is 10.1. The zero-order valence-corrected chi connectivity index (χ0v) is 26.6. The molecule has 3 N–H and O–H groups in total. The van der Waals surface area contributed by atoms with E-state index in [0.717, 1.165) is 63.6 Å². The van der Waals surface area contributed by atoms with Gasteiger partial charge < -0.3 is 15.5 Å². The van der Waals surface area contributed by atoms with Gasteiger partial charge in [0.15, 0.2) is 0 Å². The van der Waals surface area contributed by atoms with E-state index in [0.29, 0.717) is 34.2 Å². The monoisotopic (exact) mass is 657 g/mol. The number of unbranched alkanes of at least 4 members (excludes halogenated alkanes) is 7. The number of carboxylic acid groups (broad SMARTS) is 2. The second kappa shape index (κ2) is 17.4. The van der Waals surface area contributed by atoms with Gasteiger partial charge in [-0.05, 0) is 43.2 Å². The maximum atomic E-state index is 13.6. The second-order valence-corrected chi connectivity index (χ2v) is 12.1. The molecule has 45 heavy (non-hydrogen) atoms. The Balaban J connectivity index is 0.00000130. The molecule has 3 amide bonds. The van der Waals surface area contributed by atoms with Crippen molar-refractivity contribution in [3.05, 3.63) is 64.8 Å². The van der Waals surface area contributed by atoms with E-state index in [4.69, 9.17) is 27.2 Å². The third kappa shape index (κ3) is 10.5. The number of thiocarbonyl (C=S) groups is 1. The van der Waals surface area contributed by atoms with Crippen LogP contribution in [0, 0.1) is 5.82 Å². The molecule has 2 aromatic rings. The van der Waals surface area contributed by atoms with Crippen LogP contribution in [0.4, 0.5) is 15.8 Å². The molecule has 0 bridgehead atoms. The number of amides is 3. The molecule has 1 fully saturated rings. The van der Waals surface area contributed by atoms with E-state index in [1.54, 1.807) is 29.2 Å². The standard InChI is InChI=1S/C30H32FN3O5S2.C2H4O2/c31-20-14-16-21(17-15-20)32-24(35)19-34-23-12-9-8-11-22(23)26(28(34)38)27-29(39)33(30(40)41-27)18-10-6-4-2-1-3-5-7-13-25(36)37;1-2(3)4/h8-9,11-12,14-17H,1-7,10,13,18-19H2,(H,32,35)(H,36,37);1H3,(H,3,4). The summed E-state index contributed by atoms with van der Waals surface area (Å²) in [4.78, 5) is 62.5. The molecule has 240 valence electrons. The van der Waals surface area contributed by atoms with Crippen molar-refractivity contribution in [3.63, 3.8) is 0 Å². The Morgan fingerprint density at radius 1 is 0.844 bits per heavy atom. The number of hydrogen-bond acceptors (Lipinski definition) is 7.